The summed E-state index contributed by atoms with van der Waals surface area (Å²) in [6.45, 7) is 6.80. The normalized spacial score (nSPS) is 18.5. The van der Waals surface area contributed by atoms with Crippen LogP contribution in [0.5, 0.6) is 5.75 Å². The van der Waals surface area contributed by atoms with Crippen LogP contribution < -0.4 is 4.74 Å². The molecule has 1 aromatic rings. The van der Waals surface area contributed by atoms with E-state index in [4.69, 9.17) is 9.47 Å². The van der Waals surface area contributed by atoms with E-state index in [-0.39, 0.29) is 5.41 Å². The van der Waals surface area contributed by atoms with Gasteiger partial charge >= 0.3 is 0 Å². The Hall–Kier alpha value is -0.670. The molecular weight excluding hydrogens is 256 g/mol. The van der Waals surface area contributed by atoms with Gasteiger partial charge in [0.2, 0.25) is 0 Å². The second-order valence-electron chi connectivity index (χ2n) is 5.79. The van der Waals surface area contributed by atoms with Gasteiger partial charge in [0.25, 0.3) is 0 Å². The van der Waals surface area contributed by atoms with Crippen LogP contribution in [0.3, 0.4) is 0 Å². The van der Waals surface area contributed by atoms with E-state index in [2.05, 4.69) is 44.7 Å². The first-order chi connectivity index (χ1) is 9.15. The van der Waals surface area contributed by atoms with E-state index in [1.54, 1.807) is 0 Å². The number of benzene rings is 1. The molecule has 0 amide bonds. The third kappa shape index (κ3) is 3.90. The van der Waals surface area contributed by atoms with Gasteiger partial charge in [-0.25, -0.2) is 0 Å². The van der Waals surface area contributed by atoms with Crippen molar-refractivity contribution in [2.24, 2.45) is 5.41 Å². The lowest BCUT2D eigenvalue weighted by Gasteiger charge is -2.35. The van der Waals surface area contributed by atoms with Crippen molar-refractivity contribution in [3.63, 3.8) is 0 Å². The maximum Gasteiger partial charge on any atom is 0.119 e. The minimum atomic E-state index is 0.176. The topological polar surface area (TPSA) is 18.5 Å². The van der Waals surface area contributed by atoms with Crippen LogP contribution >= 0.6 is 12.6 Å². The fourth-order valence-corrected chi connectivity index (χ4v) is 2.76. The third-order valence-electron chi connectivity index (χ3n) is 3.96. The Morgan fingerprint density at radius 3 is 2.68 bits per heavy atom. The quantitative estimate of drug-likeness (QED) is 0.824. The van der Waals surface area contributed by atoms with Crippen LogP contribution in [0, 0.1) is 5.41 Å². The molecule has 0 saturated carbocycles. The lowest BCUT2D eigenvalue weighted by Crippen LogP contribution is -2.36. The average Bonchev–Trinajstić information content (AvgIpc) is 2.46. The molecule has 0 bridgehead atoms. The molecule has 1 heterocycles. The Morgan fingerprint density at radius 2 is 2.05 bits per heavy atom. The Labute approximate surface area is 121 Å². The molecule has 19 heavy (non-hydrogen) atoms. The number of thiol groups is 1. The van der Waals surface area contributed by atoms with Crippen LogP contribution in [-0.2, 0) is 4.74 Å². The van der Waals surface area contributed by atoms with E-state index >= 15 is 0 Å². The van der Waals surface area contributed by atoms with Crippen LogP contribution in [0.25, 0.3) is 0 Å². The summed E-state index contributed by atoms with van der Waals surface area (Å²) in [7, 11) is 0. The summed E-state index contributed by atoms with van der Waals surface area (Å²) in [6.07, 6.45) is 2.08. The predicted octanol–water partition coefficient (Wildman–Crippen LogP) is 3.92. The molecule has 2 rings (SSSR count). The van der Waals surface area contributed by atoms with Gasteiger partial charge in [-0.3, -0.25) is 0 Å². The minimum Gasteiger partial charge on any atom is -0.493 e. The Bertz CT molecular complexity index is 397. The first-order valence-electron chi connectivity index (χ1n) is 7.07. The van der Waals surface area contributed by atoms with Gasteiger partial charge in [-0.1, -0.05) is 26.0 Å². The molecule has 0 radical (unpaired) electrons. The van der Waals surface area contributed by atoms with Gasteiger partial charge < -0.3 is 9.47 Å². The van der Waals surface area contributed by atoms with E-state index in [1.165, 1.54) is 5.56 Å². The molecule has 0 N–H and O–H groups in total. The van der Waals surface area contributed by atoms with Crippen LogP contribution in [0.1, 0.15) is 38.2 Å². The fourth-order valence-electron chi connectivity index (χ4n) is 2.35. The number of rotatable bonds is 5. The van der Waals surface area contributed by atoms with Gasteiger partial charge in [0.15, 0.2) is 0 Å². The maximum atomic E-state index is 6.03. The highest BCUT2D eigenvalue weighted by molar-refractivity contribution is 7.80. The van der Waals surface area contributed by atoms with E-state index in [0.717, 1.165) is 44.2 Å². The van der Waals surface area contributed by atoms with Crippen LogP contribution in [-0.4, -0.2) is 25.6 Å². The standard InChI is InChI=1S/C16H24O2S/c1-13(2)14-4-3-5-15(10-14)18-11-16(12-19)6-8-17-9-7-16/h3-5,10,13,19H,6-9,11-12H2,1-2H3. The van der Waals surface area contributed by atoms with Gasteiger partial charge in [0, 0.05) is 18.6 Å². The first kappa shape index (κ1) is 14.7. The highest BCUT2D eigenvalue weighted by atomic mass is 32.1. The average molecular weight is 280 g/mol. The Morgan fingerprint density at radius 1 is 1.32 bits per heavy atom. The number of hydrogen-bond acceptors (Lipinski definition) is 3. The Kier molecular flexibility index (Phi) is 5.17. The van der Waals surface area contributed by atoms with Crippen molar-refractivity contribution >= 4 is 12.6 Å². The van der Waals surface area contributed by atoms with E-state index < -0.39 is 0 Å². The highest BCUT2D eigenvalue weighted by Crippen LogP contribution is 2.33. The molecule has 1 aliphatic heterocycles. The second kappa shape index (κ2) is 6.67. The molecule has 1 aromatic carbocycles. The van der Waals surface area contributed by atoms with Crippen molar-refractivity contribution in [2.75, 3.05) is 25.6 Å². The van der Waals surface area contributed by atoms with Crippen LogP contribution in [0.2, 0.25) is 0 Å². The van der Waals surface area contributed by atoms with Gasteiger partial charge in [-0.15, -0.1) is 0 Å². The summed E-state index contributed by atoms with van der Waals surface area (Å²) >= 11 is 4.51. The zero-order chi connectivity index (χ0) is 13.7. The van der Waals surface area contributed by atoms with Gasteiger partial charge in [-0.2, -0.15) is 12.6 Å². The summed E-state index contributed by atoms with van der Waals surface area (Å²) in [5, 5.41) is 0. The summed E-state index contributed by atoms with van der Waals surface area (Å²) < 4.78 is 11.5. The largest absolute Gasteiger partial charge is 0.493 e. The van der Waals surface area contributed by atoms with E-state index in [9.17, 15) is 0 Å². The summed E-state index contributed by atoms with van der Waals surface area (Å²) in [5.41, 5.74) is 1.50. The van der Waals surface area contributed by atoms with Gasteiger partial charge in [0.05, 0.1) is 6.61 Å². The van der Waals surface area contributed by atoms with Crippen molar-refractivity contribution in [3.05, 3.63) is 29.8 Å². The molecule has 0 spiro atoms. The summed E-state index contributed by atoms with van der Waals surface area (Å²) in [6, 6.07) is 8.41. The molecular formula is C16H24O2S. The molecule has 0 unspecified atom stereocenters. The second-order valence-corrected chi connectivity index (χ2v) is 6.10. The van der Waals surface area contributed by atoms with E-state index in [0.29, 0.717) is 5.92 Å². The maximum absolute atomic E-state index is 6.03. The van der Waals surface area contributed by atoms with Gasteiger partial charge in [-0.05, 0) is 42.2 Å². The molecule has 0 aromatic heterocycles. The van der Waals surface area contributed by atoms with Crippen LogP contribution in [0.4, 0.5) is 0 Å². The minimum absolute atomic E-state index is 0.176. The molecule has 3 heteroatoms. The summed E-state index contributed by atoms with van der Waals surface area (Å²) in [5.74, 6) is 2.37. The van der Waals surface area contributed by atoms with Crippen molar-refractivity contribution in [1.29, 1.82) is 0 Å². The smallest absolute Gasteiger partial charge is 0.119 e. The highest BCUT2D eigenvalue weighted by Gasteiger charge is 2.32. The summed E-state index contributed by atoms with van der Waals surface area (Å²) in [4.78, 5) is 0. The predicted molar refractivity (Wildman–Crippen MR) is 82.4 cm³/mol. The monoisotopic (exact) mass is 280 g/mol. The van der Waals surface area contributed by atoms with Gasteiger partial charge in [0.1, 0.15) is 5.75 Å². The molecule has 0 atom stereocenters. The van der Waals surface area contributed by atoms with E-state index in [1.807, 2.05) is 6.07 Å². The zero-order valence-corrected chi connectivity index (χ0v) is 12.8. The fraction of sp³-hybridized carbons (Fsp3) is 0.625. The molecule has 1 saturated heterocycles. The zero-order valence-electron chi connectivity index (χ0n) is 11.9. The third-order valence-corrected chi connectivity index (χ3v) is 4.63. The first-order valence-corrected chi connectivity index (χ1v) is 7.70. The van der Waals surface area contributed by atoms with Crippen molar-refractivity contribution in [1.82, 2.24) is 0 Å². The SMILES string of the molecule is CC(C)c1cccc(OCC2(CS)CCOCC2)c1. The number of hydrogen-bond donors (Lipinski definition) is 1. The Balaban J connectivity index is 1.99. The molecule has 2 nitrogen and oxygen atoms in total. The molecule has 1 fully saturated rings. The lowest BCUT2D eigenvalue weighted by atomic mass is 9.83. The lowest BCUT2D eigenvalue weighted by molar-refractivity contribution is 0.00309. The molecule has 1 aliphatic rings. The van der Waals surface area contributed by atoms with Crippen molar-refractivity contribution < 1.29 is 9.47 Å². The van der Waals surface area contributed by atoms with Crippen LogP contribution in [0.15, 0.2) is 24.3 Å². The molecule has 0 aliphatic carbocycles. The molecule has 106 valence electrons. The number of ether oxygens (including phenoxy) is 2. The van der Waals surface area contributed by atoms with Crippen molar-refractivity contribution in [2.45, 2.75) is 32.6 Å². The van der Waals surface area contributed by atoms with Crippen molar-refractivity contribution in [3.8, 4) is 5.75 Å².